The third-order valence-corrected chi connectivity index (χ3v) is 2.14. The minimum absolute atomic E-state index is 0.215. The first kappa shape index (κ1) is 13.9. The summed E-state index contributed by atoms with van der Waals surface area (Å²) in [5, 5.41) is 21.3. The molecule has 86 valence electrons. The summed E-state index contributed by atoms with van der Waals surface area (Å²) in [7, 11) is 0. The van der Waals surface area contributed by atoms with Crippen LogP contribution in [0.15, 0.2) is 0 Å². The summed E-state index contributed by atoms with van der Waals surface area (Å²) in [5.74, 6) is 0.557. The lowest BCUT2D eigenvalue weighted by Gasteiger charge is -2.13. The van der Waals surface area contributed by atoms with Gasteiger partial charge in [0.25, 0.3) is 0 Å². The molecule has 0 rings (SSSR count). The van der Waals surface area contributed by atoms with Crippen LogP contribution in [0.25, 0.3) is 0 Å². The molecule has 0 aliphatic rings. The Bertz CT molecular complexity index is 118. The Labute approximate surface area is 87.5 Å². The van der Waals surface area contributed by atoms with Crippen molar-refractivity contribution in [3.8, 4) is 0 Å². The SMILES string of the molecule is CC(C)CC(O)CNCCCCCO. The van der Waals surface area contributed by atoms with E-state index in [1.807, 2.05) is 0 Å². The van der Waals surface area contributed by atoms with Gasteiger partial charge in [0.2, 0.25) is 0 Å². The normalized spacial score (nSPS) is 13.5. The maximum absolute atomic E-state index is 9.52. The number of hydrogen-bond acceptors (Lipinski definition) is 3. The molecule has 3 nitrogen and oxygen atoms in total. The lowest BCUT2D eigenvalue weighted by Crippen LogP contribution is -2.28. The molecule has 14 heavy (non-hydrogen) atoms. The Morgan fingerprint density at radius 3 is 2.43 bits per heavy atom. The largest absolute Gasteiger partial charge is 0.396 e. The van der Waals surface area contributed by atoms with Crippen molar-refractivity contribution in [1.29, 1.82) is 0 Å². The molecule has 0 heterocycles. The van der Waals surface area contributed by atoms with Gasteiger partial charge in [0.05, 0.1) is 6.10 Å². The van der Waals surface area contributed by atoms with Gasteiger partial charge in [-0.25, -0.2) is 0 Å². The predicted molar refractivity (Wildman–Crippen MR) is 59.3 cm³/mol. The van der Waals surface area contributed by atoms with Gasteiger partial charge in [0.15, 0.2) is 0 Å². The Morgan fingerprint density at radius 1 is 1.14 bits per heavy atom. The molecule has 0 spiro atoms. The Balaban J connectivity index is 3.10. The van der Waals surface area contributed by atoms with Crippen LogP contribution in [0.5, 0.6) is 0 Å². The van der Waals surface area contributed by atoms with Crippen molar-refractivity contribution in [2.24, 2.45) is 5.92 Å². The molecule has 1 unspecified atom stereocenters. The zero-order chi connectivity index (χ0) is 10.8. The first-order chi connectivity index (χ1) is 6.66. The number of rotatable bonds is 9. The standard InChI is InChI=1S/C11H25NO2/c1-10(2)8-11(14)9-12-6-4-3-5-7-13/h10-14H,3-9H2,1-2H3. The molecular weight excluding hydrogens is 178 g/mol. The van der Waals surface area contributed by atoms with Gasteiger partial charge in [-0.2, -0.15) is 0 Å². The first-order valence-corrected chi connectivity index (χ1v) is 5.66. The summed E-state index contributed by atoms with van der Waals surface area (Å²) in [6.45, 7) is 6.15. The number of aliphatic hydroxyl groups is 2. The Kier molecular flexibility index (Phi) is 9.35. The third kappa shape index (κ3) is 9.96. The van der Waals surface area contributed by atoms with E-state index in [1.165, 1.54) is 0 Å². The van der Waals surface area contributed by atoms with E-state index in [4.69, 9.17) is 5.11 Å². The van der Waals surface area contributed by atoms with Gasteiger partial charge < -0.3 is 15.5 Å². The van der Waals surface area contributed by atoms with Gasteiger partial charge in [-0.05, 0) is 38.1 Å². The number of unbranched alkanes of at least 4 members (excludes halogenated alkanes) is 2. The van der Waals surface area contributed by atoms with Crippen molar-refractivity contribution in [1.82, 2.24) is 5.32 Å². The minimum Gasteiger partial charge on any atom is -0.396 e. The fourth-order valence-electron chi connectivity index (χ4n) is 1.43. The van der Waals surface area contributed by atoms with Crippen LogP contribution in [-0.4, -0.2) is 36.0 Å². The summed E-state index contributed by atoms with van der Waals surface area (Å²) in [5.41, 5.74) is 0. The van der Waals surface area contributed by atoms with Gasteiger partial charge in [-0.3, -0.25) is 0 Å². The van der Waals surface area contributed by atoms with Gasteiger partial charge in [0, 0.05) is 13.2 Å². The van der Waals surface area contributed by atoms with Crippen molar-refractivity contribution in [2.75, 3.05) is 19.7 Å². The molecule has 0 aromatic rings. The molecule has 0 saturated heterocycles. The molecule has 3 heteroatoms. The molecule has 3 N–H and O–H groups in total. The number of hydrogen-bond donors (Lipinski definition) is 3. The van der Waals surface area contributed by atoms with Gasteiger partial charge in [-0.1, -0.05) is 13.8 Å². The van der Waals surface area contributed by atoms with Crippen LogP contribution in [0.3, 0.4) is 0 Å². The molecule has 0 fully saturated rings. The molecule has 1 atom stereocenters. The summed E-state index contributed by atoms with van der Waals surface area (Å²) in [6, 6.07) is 0. The fraction of sp³-hybridized carbons (Fsp3) is 1.00. The molecule has 0 saturated carbocycles. The van der Waals surface area contributed by atoms with E-state index >= 15 is 0 Å². The Hall–Kier alpha value is -0.120. The zero-order valence-corrected chi connectivity index (χ0v) is 9.50. The molecule has 0 aliphatic heterocycles. The van der Waals surface area contributed by atoms with E-state index < -0.39 is 0 Å². The summed E-state index contributed by atoms with van der Waals surface area (Å²) in [4.78, 5) is 0. The molecule has 0 amide bonds. The lowest BCUT2D eigenvalue weighted by molar-refractivity contribution is 0.146. The second kappa shape index (κ2) is 9.44. The lowest BCUT2D eigenvalue weighted by atomic mass is 10.1. The van der Waals surface area contributed by atoms with E-state index in [1.54, 1.807) is 0 Å². The Morgan fingerprint density at radius 2 is 1.86 bits per heavy atom. The van der Waals surface area contributed by atoms with E-state index in [-0.39, 0.29) is 12.7 Å². The average Bonchev–Trinajstić information content (AvgIpc) is 2.10. The topological polar surface area (TPSA) is 52.5 Å². The minimum atomic E-state index is -0.215. The van der Waals surface area contributed by atoms with Gasteiger partial charge >= 0.3 is 0 Å². The monoisotopic (exact) mass is 203 g/mol. The van der Waals surface area contributed by atoms with E-state index in [0.29, 0.717) is 12.5 Å². The van der Waals surface area contributed by atoms with Crippen LogP contribution in [0.4, 0.5) is 0 Å². The predicted octanol–water partition coefficient (Wildman–Crippen LogP) is 1.15. The molecule has 0 radical (unpaired) electrons. The highest BCUT2D eigenvalue weighted by molar-refractivity contribution is 4.61. The number of nitrogens with one attached hydrogen (secondary N) is 1. The van der Waals surface area contributed by atoms with E-state index in [2.05, 4.69) is 19.2 Å². The van der Waals surface area contributed by atoms with Crippen LogP contribution >= 0.6 is 0 Å². The van der Waals surface area contributed by atoms with E-state index in [9.17, 15) is 5.11 Å². The van der Waals surface area contributed by atoms with Crippen molar-refractivity contribution >= 4 is 0 Å². The van der Waals surface area contributed by atoms with Crippen LogP contribution in [0.2, 0.25) is 0 Å². The third-order valence-electron chi connectivity index (χ3n) is 2.14. The summed E-state index contributed by atoms with van der Waals surface area (Å²) >= 11 is 0. The van der Waals surface area contributed by atoms with Crippen molar-refractivity contribution in [3.05, 3.63) is 0 Å². The van der Waals surface area contributed by atoms with Crippen molar-refractivity contribution in [2.45, 2.75) is 45.6 Å². The molecule has 0 aliphatic carbocycles. The molecular formula is C11H25NO2. The first-order valence-electron chi connectivity index (χ1n) is 5.66. The second-order valence-corrected chi connectivity index (χ2v) is 4.27. The van der Waals surface area contributed by atoms with E-state index in [0.717, 1.165) is 32.2 Å². The maximum Gasteiger partial charge on any atom is 0.0667 e. The van der Waals surface area contributed by atoms with Gasteiger partial charge in [-0.15, -0.1) is 0 Å². The maximum atomic E-state index is 9.52. The average molecular weight is 203 g/mol. The van der Waals surface area contributed by atoms with Crippen molar-refractivity contribution in [3.63, 3.8) is 0 Å². The summed E-state index contributed by atoms with van der Waals surface area (Å²) in [6.07, 6.45) is 3.67. The van der Waals surface area contributed by atoms with Crippen LogP contribution in [0, 0.1) is 5.92 Å². The highest BCUT2D eigenvalue weighted by Crippen LogP contribution is 2.03. The van der Waals surface area contributed by atoms with Gasteiger partial charge in [0.1, 0.15) is 0 Å². The van der Waals surface area contributed by atoms with Crippen LogP contribution in [0.1, 0.15) is 39.5 Å². The number of aliphatic hydroxyl groups excluding tert-OH is 2. The molecule has 0 bridgehead atoms. The molecule has 0 aromatic carbocycles. The fourth-order valence-corrected chi connectivity index (χ4v) is 1.43. The zero-order valence-electron chi connectivity index (χ0n) is 9.50. The second-order valence-electron chi connectivity index (χ2n) is 4.27. The van der Waals surface area contributed by atoms with Crippen LogP contribution in [-0.2, 0) is 0 Å². The highest BCUT2D eigenvalue weighted by Gasteiger charge is 2.05. The van der Waals surface area contributed by atoms with Crippen molar-refractivity contribution < 1.29 is 10.2 Å². The highest BCUT2D eigenvalue weighted by atomic mass is 16.3. The molecule has 0 aromatic heterocycles. The smallest absolute Gasteiger partial charge is 0.0667 e. The summed E-state index contributed by atoms with van der Waals surface area (Å²) < 4.78 is 0. The van der Waals surface area contributed by atoms with Crippen LogP contribution < -0.4 is 5.32 Å². The quantitative estimate of drug-likeness (QED) is 0.493.